The van der Waals surface area contributed by atoms with E-state index in [-0.39, 0.29) is 17.8 Å². The number of hydrogen-bond acceptors (Lipinski definition) is 5. The first kappa shape index (κ1) is 15.3. The standard InChI is InChI=1S/C12H22N2O3S/c1-17-12(16)10-3-6-14(7-4-10)11(15)9-18-8-2-5-13/h10H,2-9,13H2,1H3. The van der Waals surface area contributed by atoms with Crippen molar-refractivity contribution in [1.29, 1.82) is 0 Å². The summed E-state index contributed by atoms with van der Waals surface area (Å²) in [6, 6.07) is 0. The van der Waals surface area contributed by atoms with Crippen molar-refractivity contribution in [3.63, 3.8) is 0 Å². The van der Waals surface area contributed by atoms with E-state index in [4.69, 9.17) is 10.5 Å². The van der Waals surface area contributed by atoms with E-state index in [0.717, 1.165) is 12.2 Å². The molecule has 0 aromatic heterocycles. The predicted molar refractivity (Wildman–Crippen MR) is 72.3 cm³/mol. The van der Waals surface area contributed by atoms with Crippen LogP contribution in [0.2, 0.25) is 0 Å². The van der Waals surface area contributed by atoms with Crippen LogP contribution in [0.4, 0.5) is 0 Å². The van der Waals surface area contributed by atoms with Gasteiger partial charge in [-0.2, -0.15) is 11.8 Å². The van der Waals surface area contributed by atoms with E-state index in [9.17, 15) is 9.59 Å². The number of nitrogens with two attached hydrogens (primary N) is 1. The smallest absolute Gasteiger partial charge is 0.308 e. The lowest BCUT2D eigenvalue weighted by Gasteiger charge is -2.30. The van der Waals surface area contributed by atoms with E-state index in [1.165, 1.54) is 7.11 Å². The molecule has 6 heteroatoms. The van der Waals surface area contributed by atoms with Gasteiger partial charge in [0.05, 0.1) is 18.8 Å². The van der Waals surface area contributed by atoms with Crippen LogP contribution in [0, 0.1) is 5.92 Å². The summed E-state index contributed by atoms with van der Waals surface area (Å²) in [5.74, 6) is 1.42. The topological polar surface area (TPSA) is 72.6 Å². The number of carbonyl (C=O) groups excluding carboxylic acids is 2. The highest BCUT2D eigenvalue weighted by atomic mass is 32.2. The molecule has 1 rings (SSSR count). The van der Waals surface area contributed by atoms with Gasteiger partial charge in [-0.25, -0.2) is 0 Å². The van der Waals surface area contributed by atoms with Crippen LogP contribution >= 0.6 is 11.8 Å². The number of amides is 1. The molecule has 1 saturated heterocycles. The average Bonchev–Trinajstić information content (AvgIpc) is 2.42. The van der Waals surface area contributed by atoms with Crippen LogP contribution in [-0.2, 0) is 14.3 Å². The SMILES string of the molecule is COC(=O)C1CCN(C(=O)CSCCCN)CC1. The van der Waals surface area contributed by atoms with Crippen LogP contribution in [0.3, 0.4) is 0 Å². The molecule has 2 N–H and O–H groups in total. The maximum absolute atomic E-state index is 11.9. The Bertz CT molecular complexity index is 278. The molecule has 0 aromatic carbocycles. The summed E-state index contributed by atoms with van der Waals surface area (Å²) in [6.07, 6.45) is 2.38. The molecule has 1 aliphatic heterocycles. The van der Waals surface area contributed by atoms with E-state index >= 15 is 0 Å². The quantitative estimate of drug-likeness (QED) is 0.563. The maximum atomic E-state index is 11.9. The minimum Gasteiger partial charge on any atom is -0.469 e. The summed E-state index contributed by atoms with van der Waals surface area (Å²) in [5.41, 5.74) is 5.39. The highest BCUT2D eigenvalue weighted by Gasteiger charge is 2.27. The number of ether oxygens (including phenoxy) is 1. The fraction of sp³-hybridized carbons (Fsp3) is 0.833. The molecule has 0 radical (unpaired) electrons. The van der Waals surface area contributed by atoms with Crippen molar-refractivity contribution in [2.24, 2.45) is 11.7 Å². The van der Waals surface area contributed by atoms with Gasteiger partial charge in [-0.05, 0) is 31.6 Å². The number of thioether (sulfide) groups is 1. The van der Waals surface area contributed by atoms with Crippen molar-refractivity contribution >= 4 is 23.6 Å². The molecule has 0 saturated carbocycles. The normalized spacial score (nSPS) is 16.7. The third-order valence-corrected chi connectivity index (χ3v) is 4.13. The molecule has 1 aliphatic rings. The largest absolute Gasteiger partial charge is 0.469 e. The molecule has 104 valence electrons. The second-order valence-corrected chi connectivity index (χ2v) is 5.48. The molecule has 0 bridgehead atoms. The first-order chi connectivity index (χ1) is 8.69. The minimum absolute atomic E-state index is 0.0380. The van der Waals surface area contributed by atoms with E-state index < -0.39 is 0 Å². The van der Waals surface area contributed by atoms with E-state index in [2.05, 4.69) is 0 Å². The molecule has 0 spiro atoms. The number of esters is 1. The van der Waals surface area contributed by atoms with Gasteiger partial charge < -0.3 is 15.4 Å². The van der Waals surface area contributed by atoms with Crippen molar-refractivity contribution in [1.82, 2.24) is 4.90 Å². The summed E-state index contributed by atoms with van der Waals surface area (Å²) in [5, 5.41) is 0. The second kappa shape index (κ2) is 8.37. The number of hydrogen-bond donors (Lipinski definition) is 1. The van der Waals surface area contributed by atoms with E-state index in [0.29, 0.717) is 38.2 Å². The molecule has 18 heavy (non-hydrogen) atoms. The Kier molecular flexibility index (Phi) is 7.12. The van der Waals surface area contributed by atoms with Crippen LogP contribution in [0.25, 0.3) is 0 Å². The first-order valence-corrected chi connectivity index (χ1v) is 7.48. The van der Waals surface area contributed by atoms with Crippen LogP contribution in [0.5, 0.6) is 0 Å². The third kappa shape index (κ3) is 4.86. The predicted octanol–water partition coefficient (Wildman–Crippen LogP) is 0.480. The minimum atomic E-state index is -0.153. The third-order valence-electron chi connectivity index (χ3n) is 3.10. The summed E-state index contributed by atoms with van der Waals surface area (Å²) in [7, 11) is 1.41. The van der Waals surface area contributed by atoms with Crippen molar-refractivity contribution in [3.8, 4) is 0 Å². The first-order valence-electron chi connectivity index (χ1n) is 6.32. The highest BCUT2D eigenvalue weighted by Crippen LogP contribution is 2.19. The Labute approximate surface area is 112 Å². The molecule has 0 atom stereocenters. The van der Waals surface area contributed by atoms with Crippen LogP contribution in [-0.4, -0.2) is 55.0 Å². The lowest BCUT2D eigenvalue weighted by Crippen LogP contribution is -2.41. The van der Waals surface area contributed by atoms with Gasteiger partial charge in [0.15, 0.2) is 0 Å². The number of likely N-dealkylation sites (tertiary alicyclic amines) is 1. The van der Waals surface area contributed by atoms with Crippen molar-refractivity contribution in [2.45, 2.75) is 19.3 Å². The van der Waals surface area contributed by atoms with E-state index in [1.54, 1.807) is 11.8 Å². The maximum Gasteiger partial charge on any atom is 0.308 e. The molecule has 1 fully saturated rings. The summed E-state index contributed by atoms with van der Waals surface area (Å²) < 4.78 is 4.72. The van der Waals surface area contributed by atoms with Crippen molar-refractivity contribution in [2.75, 3.05) is 38.2 Å². The number of piperidine rings is 1. The zero-order chi connectivity index (χ0) is 13.4. The molecule has 0 aromatic rings. The van der Waals surface area contributed by atoms with Gasteiger partial charge in [0.25, 0.3) is 0 Å². The molecule has 5 nitrogen and oxygen atoms in total. The number of methoxy groups -OCH3 is 1. The van der Waals surface area contributed by atoms with Gasteiger partial charge >= 0.3 is 5.97 Å². The molecular weight excluding hydrogens is 252 g/mol. The van der Waals surface area contributed by atoms with Crippen LogP contribution in [0.1, 0.15) is 19.3 Å². The van der Waals surface area contributed by atoms with Crippen molar-refractivity contribution < 1.29 is 14.3 Å². The Morgan fingerprint density at radius 2 is 2.06 bits per heavy atom. The Balaban J connectivity index is 2.21. The molecule has 1 amide bonds. The molecular formula is C12H22N2O3S. The number of rotatable bonds is 6. The van der Waals surface area contributed by atoms with Crippen LogP contribution in [0.15, 0.2) is 0 Å². The fourth-order valence-corrected chi connectivity index (χ4v) is 2.84. The number of carbonyl (C=O) groups is 2. The Hall–Kier alpha value is -0.750. The number of nitrogens with zero attached hydrogens (tertiary/aromatic N) is 1. The van der Waals surface area contributed by atoms with Gasteiger partial charge in [-0.15, -0.1) is 0 Å². The summed E-state index contributed by atoms with van der Waals surface area (Å²) in [6.45, 7) is 2.00. The zero-order valence-corrected chi connectivity index (χ0v) is 11.7. The van der Waals surface area contributed by atoms with Crippen molar-refractivity contribution in [3.05, 3.63) is 0 Å². The lowest BCUT2D eigenvalue weighted by molar-refractivity contribution is -0.148. The molecule has 0 unspecified atom stereocenters. The average molecular weight is 274 g/mol. The fourth-order valence-electron chi connectivity index (χ4n) is 1.97. The highest BCUT2D eigenvalue weighted by molar-refractivity contribution is 7.99. The molecule has 1 heterocycles. The van der Waals surface area contributed by atoms with Gasteiger partial charge in [-0.1, -0.05) is 0 Å². The van der Waals surface area contributed by atoms with E-state index in [1.807, 2.05) is 4.90 Å². The monoisotopic (exact) mass is 274 g/mol. The van der Waals surface area contributed by atoms with Gasteiger partial charge in [0.1, 0.15) is 0 Å². The molecule has 0 aliphatic carbocycles. The van der Waals surface area contributed by atoms with Gasteiger partial charge in [-0.3, -0.25) is 9.59 Å². The van der Waals surface area contributed by atoms with Crippen LogP contribution < -0.4 is 5.73 Å². The lowest BCUT2D eigenvalue weighted by atomic mass is 9.97. The zero-order valence-electron chi connectivity index (χ0n) is 10.9. The Morgan fingerprint density at radius 3 is 2.61 bits per heavy atom. The Morgan fingerprint density at radius 1 is 1.39 bits per heavy atom. The second-order valence-electron chi connectivity index (χ2n) is 4.37. The summed E-state index contributed by atoms with van der Waals surface area (Å²) >= 11 is 1.63. The van der Waals surface area contributed by atoms with Gasteiger partial charge in [0.2, 0.25) is 5.91 Å². The van der Waals surface area contributed by atoms with Gasteiger partial charge in [0, 0.05) is 13.1 Å². The summed E-state index contributed by atoms with van der Waals surface area (Å²) in [4.78, 5) is 25.1.